The van der Waals surface area contributed by atoms with Crippen LogP contribution in [0.4, 0.5) is 10.3 Å². The number of H-pyrrole nitrogens is 1. The fourth-order valence-corrected chi connectivity index (χ4v) is 3.02. The number of fused-ring (bicyclic) bond motifs is 1. The molecule has 0 unspecified atom stereocenters. The van der Waals surface area contributed by atoms with Crippen LogP contribution in [0.1, 0.15) is 11.1 Å². The smallest absolute Gasteiger partial charge is 0.329 e. The van der Waals surface area contributed by atoms with Crippen molar-refractivity contribution < 1.29 is 9.50 Å². The molecule has 4 rings (SSSR count). The Hall–Kier alpha value is -4.21. The molecule has 0 saturated carbocycles. The predicted molar refractivity (Wildman–Crippen MR) is 110 cm³/mol. The van der Waals surface area contributed by atoms with E-state index in [9.17, 15) is 19.1 Å². The Kier molecular flexibility index (Phi) is 4.88. The van der Waals surface area contributed by atoms with E-state index in [0.29, 0.717) is 5.56 Å². The van der Waals surface area contributed by atoms with Crippen LogP contribution in [0.15, 0.2) is 63.2 Å². The summed E-state index contributed by atoms with van der Waals surface area (Å²) in [6, 6.07) is 12.3. The molecule has 0 saturated heterocycles. The predicted octanol–water partition coefficient (Wildman–Crippen LogP) is 1.76. The summed E-state index contributed by atoms with van der Waals surface area (Å²) in [5, 5.41) is 13.7. The SMILES string of the molecule is Cn1c(=O)[nH]c(=O)c2c1nc(NN=Cc1cccc(O)c1)n2Cc1ccc(F)cc1. The zero-order valence-corrected chi connectivity index (χ0v) is 15.8. The number of aromatic hydroxyl groups is 1. The number of aromatic nitrogens is 4. The van der Waals surface area contributed by atoms with E-state index < -0.39 is 11.2 Å². The molecule has 152 valence electrons. The molecular weight excluding hydrogens is 391 g/mol. The number of phenolic OH excluding ortho intramolecular Hbond substituents is 1. The van der Waals surface area contributed by atoms with Crippen LogP contribution < -0.4 is 16.7 Å². The maximum absolute atomic E-state index is 13.3. The summed E-state index contributed by atoms with van der Waals surface area (Å²) < 4.78 is 16.0. The van der Waals surface area contributed by atoms with E-state index in [-0.39, 0.29) is 35.2 Å². The normalized spacial score (nSPS) is 11.4. The van der Waals surface area contributed by atoms with Gasteiger partial charge in [0.05, 0.1) is 12.8 Å². The summed E-state index contributed by atoms with van der Waals surface area (Å²) in [5.74, 6) is -0.0509. The van der Waals surface area contributed by atoms with Gasteiger partial charge in [0.15, 0.2) is 11.2 Å². The number of nitrogens with one attached hydrogen (secondary N) is 2. The molecule has 2 aromatic carbocycles. The molecule has 4 aromatic rings. The van der Waals surface area contributed by atoms with Crippen LogP contribution in [0.5, 0.6) is 5.75 Å². The van der Waals surface area contributed by atoms with Crippen LogP contribution in [0.2, 0.25) is 0 Å². The number of rotatable bonds is 5. The highest BCUT2D eigenvalue weighted by molar-refractivity contribution is 5.81. The summed E-state index contributed by atoms with van der Waals surface area (Å²) in [7, 11) is 1.50. The first-order chi connectivity index (χ1) is 14.4. The monoisotopic (exact) mass is 408 g/mol. The Balaban J connectivity index is 1.78. The van der Waals surface area contributed by atoms with Crippen LogP contribution >= 0.6 is 0 Å². The van der Waals surface area contributed by atoms with E-state index >= 15 is 0 Å². The van der Waals surface area contributed by atoms with Crippen molar-refractivity contribution in [3.05, 3.63) is 86.3 Å². The van der Waals surface area contributed by atoms with Gasteiger partial charge in [-0.05, 0) is 35.4 Å². The van der Waals surface area contributed by atoms with Gasteiger partial charge in [0.2, 0.25) is 5.95 Å². The molecule has 2 aromatic heterocycles. The van der Waals surface area contributed by atoms with Gasteiger partial charge in [0.25, 0.3) is 5.56 Å². The topological polar surface area (TPSA) is 117 Å². The molecule has 0 aliphatic rings. The third-order valence-corrected chi connectivity index (χ3v) is 4.51. The highest BCUT2D eigenvalue weighted by Gasteiger charge is 2.17. The van der Waals surface area contributed by atoms with E-state index in [1.54, 1.807) is 34.9 Å². The van der Waals surface area contributed by atoms with Gasteiger partial charge < -0.3 is 5.11 Å². The van der Waals surface area contributed by atoms with Crippen LogP contribution in [-0.2, 0) is 13.6 Å². The van der Waals surface area contributed by atoms with E-state index in [4.69, 9.17) is 0 Å². The van der Waals surface area contributed by atoms with Crippen molar-refractivity contribution in [2.24, 2.45) is 12.1 Å². The standard InChI is InChI=1S/C20H17FN6O3/c1-26-17-16(18(29)24-20(26)30)27(11-12-5-7-14(21)8-6-12)19(23-17)25-22-10-13-3-2-4-15(28)9-13/h2-10,28H,11H2,1H3,(H,23,25)(H,24,29,30). The minimum Gasteiger partial charge on any atom is -0.508 e. The number of aryl methyl sites for hydroxylation is 1. The Bertz CT molecular complexity index is 1370. The number of aromatic amines is 1. The molecule has 0 radical (unpaired) electrons. The highest BCUT2D eigenvalue weighted by atomic mass is 19.1. The largest absolute Gasteiger partial charge is 0.508 e. The zero-order valence-electron chi connectivity index (χ0n) is 15.8. The molecule has 0 aliphatic heterocycles. The summed E-state index contributed by atoms with van der Waals surface area (Å²) >= 11 is 0. The van der Waals surface area contributed by atoms with Crippen molar-refractivity contribution in [3.63, 3.8) is 0 Å². The number of hydrogen-bond donors (Lipinski definition) is 3. The second-order valence-electron chi connectivity index (χ2n) is 6.60. The fraction of sp³-hybridized carbons (Fsp3) is 0.100. The zero-order chi connectivity index (χ0) is 21.3. The van der Waals surface area contributed by atoms with Gasteiger partial charge in [-0.25, -0.2) is 14.6 Å². The number of anilines is 1. The quantitative estimate of drug-likeness (QED) is 0.344. The first kappa shape index (κ1) is 19.1. The van der Waals surface area contributed by atoms with Crippen molar-refractivity contribution >= 4 is 23.3 Å². The minimum atomic E-state index is -0.590. The second-order valence-corrected chi connectivity index (χ2v) is 6.60. The third kappa shape index (κ3) is 3.70. The lowest BCUT2D eigenvalue weighted by Gasteiger charge is -2.08. The van der Waals surface area contributed by atoms with Gasteiger partial charge in [-0.1, -0.05) is 24.3 Å². The van der Waals surface area contributed by atoms with Crippen LogP contribution in [0, 0.1) is 5.82 Å². The molecule has 10 heteroatoms. The third-order valence-electron chi connectivity index (χ3n) is 4.51. The summed E-state index contributed by atoms with van der Waals surface area (Å²) in [6.07, 6.45) is 1.48. The molecular formula is C20H17FN6O3. The number of hydrazone groups is 1. The fourth-order valence-electron chi connectivity index (χ4n) is 3.02. The van der Waals surface area contributed by atoms with Crippen LogP contribution in [0.25, 0.3) is 11.2 Å². The van der Waals surface area contributed by atoms with E-state index in [0.717, 1.165) is 5.56 Å². The van der Waals surface area contributed by atoms with Gasteiger partial charge >= 0.3 is 5.69 Å². The van der Waals surface area contributed by atoms with Gasteiger partial charge in [-0.15, -0.1) is 0 Å². The number of imidazole rings is 1. The van der Waals surface area contributed by atoms with Crippen molar-refractivity contribution in [1.29, 1.82) is 0 Å². The summed E-state index contributed by atoms with van der Waals surface area (Å²) in [4.78, 5) is 31.0. The summed E-state index contributed by atoms with van der Waals surface area (Å²) in [6.45, 7) is 0.196. The van der Waals surface area contributed by atoms with Gasteiger partial charge in [-0.3, -0.25) is 18.9 Å². The lowest BCUT2D eigenvalue weighted by molar-refractivity contribution is 0.475. The Labute approximate surface area is 168 Å². The Morgan fingerprint density at radius 1 is 1.23 bits per heavy atom. The highest BCUT2D eigenvalue weighted by Crippen LogP contribution is 2.18. The van der Waals surface area contributed by atoms with Gasteiger partial charge in [-0.2, -0.15) is 10.1 Å². The lowest BCUT2D eigenvalue weighted by atomic mass is 10.2. The van der Waals surface area contributed by atoms with Crippen LogP contribution in [-0.4, -0.2) is 30.4 Å². The molecule has 3 N–H and O–H groups in total. The molecule has 0 spiro atoms. The minimum absolute atomic E-state index is 0.101. The van der Waals surface area contributed by atoms with Gasteiger partial charge in [0, 0.05) is 7.05 Å². The van der Waals surface area contributed by atoms with E-state index in [2.05, 4.69) is 20.5 Å². The van der Waals surface area contributed by atoms with Gasteiger partial charge in [0.1, 0.15) is 11.6 Å². The molecule has 2 heterocycles. The molecule has 9 nitrogen and oxygen atoms in total. The van der Waals surface area contributed by atoms with Crippen molar-refractivity contribution in [2.75, 3.05) is 5.43 Å². The number of nitrogens with zero attached hydrogens (tertiary/aromatic N) is 4. The van der Waals surface area contributed by atoms with Crippen molar-refractivity contribution in [1.82, 2.24) is 19.1 Å². The molecule has 0 fully saturated rings. The lowest BCUT2D eigenvalue weighted by Crippen LogP contribution is -2.29. The summed E-state index contributed by atoms with van der Waals surface area (Å²) in [5.41, 5.74) is 3.33. The second kappa shape index (κ2) is 7.66. The molecule has 0 aliphatic carbocycles. The first-order valence-electron chi connectivity index (χ1n) is 8.94. The Morgan fingerprint density at radius 3 is 2.73 bits per heavy atom. The maximum atomic E-state index is 13.3. The number of halogens is 1. The molecule has 0 atom stereocenters. The average molecular weight is 408 g/mol. The van der Waals surface area contributed by atoms with Crippen LogP contribution in [0.3, 0.4) is 0 Å². The molecule has 0 bridgehead atoms. The van der Waals surface area contributed by atoms with E-state index in [1.165, 1.54) is 36.0 Å². The van der Waals surface area contributed by atoms with Crippen molar-refractivity contribution in [2.45, 2.75) is 6.54 Å². The maximum Gasteiger partial charge on any atom is 0.329 e. The number of hydrogen-bond acceptors (Lipinski definition) is 6. The van der Waals surface area contributed by atoms with E-state index in [1.807, 2.05) is 0 Å². The number of benzene rings is 2. The number of phenols is 1. The average Bonchev–Trinajstić information content (AvgIpc) is 3.07. The molecule has 0 amide bonds. The van der Waals surface area contributed by atoms with Crippen molar-refractivity contribution in [3.8, 4) is 5.75 Å². The first-order valence-corrected chi connectivity index (χ1v) is 8.94. The Morgan fingerprint density at radius 2 is 2.00 bits per heavy atom. The molecule has 30 heavy (non-hydrogen) atoms.